The number of hydrogen-bond acceptors (Lipinski definition) is 1. The largest absolute Gasteiger partial charge is 0.365 e. The first kappa shape index (κ1) is 9.07. The molecule has 0 aliphatic heterocycles. The van der Waals surface area contributed by atoms with Gasteiger partial charge in [-0.2, -0.15) is 0 Å². The van der Waals surface area contributed by atoms with Gasteiger partial charge in [-0.3, -0.25) is 0 Å². The molecule has 70 valence electrons. The summed E-state index contributed by atoms with van der Waals surface area (Å²) in [6, 6.07) is 6.81. The highest BCUT2D eigenvalue weighted by atomic mass is 79.9. The van der Waals surface area contributed by atoms with Gasteiger partial charge in [0.15, 0.2) is 0 Å². The van der Waals surface area contributed by atoms with Crippen molar-refractivity contribution in [1.82, 2.24) is 0 Å². The summed E-state index contributed by atoms with van der Waals surface area (Å²) in [5, 5.41) is 0. The zero-order chi connectivity index (χ0) is 9.26. The lowest BCUT2D eigenvalue weighted by Gasteiger charge is -2.16. The van der Waals surface area contributed by atoms with Gasteiger partial charge in [-0.05, 0) is 42.5 Å². The van der Waals surface area contributed by atoms with Crippen molar-refractivity contribution in [2.45, 2.75) is 19.3 Å². The molecule has 2 heteroatoms. The summed E-state index contributed by atoms with van der Waals surface area (Å²) >= 11 is 3.46. The number of aryl methyl sites for hydroxylation is 2. The van der Waals surface area contributed by atoms with Crippen molar-refractivity contribution in [3.63, 3.8) is 0 Å². The van der Waals surface area contributed by atoms with Crippen LogP contribution in [0.2, 0.25) is 0 Å². The summed E-state index contributed by atoms with van der Waals surface area (Å²) < 4.78 is 0. The molecule has 0 radical (unpaired) electrons. The summed E-state index contributed by atoms with van der Waals surface area (Å²) in [5.41, 5.74) is 5.31. The molecule has 0 N–H and O–H groups in total. The van der Waals surface area contributed by atoms with E-state index in [1.165, 1.54) is 24.9 Å². The van der Waals surface area contributed by atoms with E-state index in [1.807, 2.05) is 0 Å². The molecule has 0 heterocycles. The van der Waals surface area contributed by atoms with Gasteiger partial charge in [-0.1, -0.05) is 22.0 Å². The first-order valence-electron chi connectivity index (χ1n) is 4.70. The second-order valence-corrected chi connectivity index (χ2v) is 4.13. The Hall–Kier alpha value is -0.500. The highest BCUT2D eigenvalue weighted by molar-refractivity contribution is 9.09. The van der Waals surface area contributed by atoms with Crippen LogP contribution in [0.4, 0.5) is 5.69 Å². The quantitative estimate of drug-likeness (QED) is 0.567. The number of anilines is 1. The van der Waals surface area contributed by atoms with Crippen molar-refractivity contribution in [2.75, 3.05) is 17.4 Å². The molecule has 0 saturated heterocycles. The van der Waals surface area contributed by atoms with Crippen LogP contribution >= 0.6 is 15.9 Å². The number of benzene rings is 1. The van der Waals surface area contributed by atoms with Gasteiger partial charge in [0.25, 0.3) is 0 Å². The topological polar surface area (TPSA) is 3.24 Å². The van der Waals surface area contributed by atoms with Gasteiger partial charge in [0.05, 0.1) is 5.45 Å². The van der Waals surface area contributed by atoms with E-state index in [2.05, 4.69) is 46.1 Å². The van der Waals surface area contributed by atoms with E-state index in [1.54, 1.807) is 11.1 Å². The van der Waals surface area contributed by atoms with Crippen molar-refractivity contribution in [3.05, 3.63) is 29.3 Å². The maximum absolute atomic E-state index is 3.46. The first-order valence-corrected chi connectivity index (χ1v) is 5.82. The molecule has 1 aliphatic carbocycles. The van der Waals surface area contributed by atoms with E-state index in [-0.39, 0.29) is 0 Å². The van der Waals surface area contributed by atoms with Gasteiger partial charge in [-0.15, -0.1) is 0 Å². The Morgan fingerprint density at radius 1 is 1.31 bits per heavy atom. The van der Waals surface area contributed by atoms with Crippen LogP contribution in [0.15, 0.2) is 18.2 Å². The second kappa shape index (κ2) is 3.70. The molecule has 1 aliphatic rings. The standard InChI is InChI=1S/C11H14BrN/c1-13(8-12)11-6-5-9-3-2-4-10(9)7-11/h5-7H,2-4,8H2,1H3. The lowest BCUT2D eigenvalue weighted by molar-refractivity contribution is 0.911. The number of fused-ring (bicyclic) bond motifs is 1. The van der Waals surface area contributed by atoms with E-state index in [9.17, 15) is 0 Å². The van der Waals surface area contributed by atoms with Gasteiger partial charge in [0, 0.05) is 12.7 Å². The smallest absolute Gasteiger partial charge is 0.0732 e. The minimum Gasteiger partial charge on any atom is -0.365 e. The molecular formula is C11H14BrN. The normalized spacial score (nSPS) is 14.3. The second-order valence-electron chi connectivity index (χ2n) is 3.62. The molecule has 0 saturated carbocycles. The number of nitrogens with zero attached hydrogens (tertiary/aromatic N) is 1. The van der Waals surface area contributed by atoms with E-state index in [0.717, 1.165) is 5.45 Å². The fourth-order valence-electron chi connectivity index (χ4n) is 1.86. The number of halogens is 1. The highest BCUT2D eigenvalue weighted by Gasteiger charge is 2.11. The molecule has 1 nitrogen and oxygen atoms in total. The van der Waals surface area contributed by atoms with E-state index >= 15 is 0 Å². The van der Waals surface area contributed by atoms with Crippen LogP contribution in [0.5, 0.6) is 0 Å². The van der Waals surface area contributed by atoms with Crippen molar-refractivity contribution in [2.24, 2.45) is 0 Å². The Morgan fingerprint density at radius 2 is 2.08 bits per heavy atom. The summed E-state index contributed by atoms with van der Waals surface area (Å²) in [5.74, 6) is 0. The summed E-state index contributed by atoms with van der Waals surface area (Å²) in [6.45, 7) is 0. The van der Waals surface area contributed by atoms with Crippen molar-refractivity contribution < 1.29 is 0 Å². The monoisotopic (exact) mass is 239 g/mol. The molecule has 0 spiro atoms. The Bertz CT molecular complexity index is 309. The first-order chi connectivity index (χ1) is 6.31. The zero-order valence-corrected chi connectivity index (χ0v) is 9.47. The Kier molecular flexibility index (Phi) is 2.58. The van der Waals surface area contributed by atoms with E-state index < -0.39 is 0 Å². The SMILES string of the molecule is CN(CBr)c1ccc2c(c1)CCC2. The van der Waals surface area contributed by atoms with E-state index in [0.29, 0.717) is 0 Å². The highest BCUT2D eigenvalue weighted by Crippen LogP contribution is 2.26. The lowest BCUT2D eigenvalue weighted by Crippen LogP contribution is -2.13. The van der Waals surface area contributed by atoms with Crippen LogP contribution in [-0.2, 0) is 12.8 Å². The lowest BCUT2D eigenvalue weighted by atomic mass is 10.1. The fraction of sp³-hybridized carbons (Fsp3) is 0.455. The Balaban J connectivity index is 2.30. The molecule has 1 aromatic rings. The predicted molar refractivity (Wildman–Crippen MR) is 60.7 cm³/mol. The summed E-state index contributed by atoms with van der Waals surface area (Å²) in [4.78, 5) is 2.21. The molecule has 2 rings (SSSR count). The van der Waals surface area contributed by atoms with Crippen LogP contribution in [0.3, 0.4) is 0 Å². The molecule has 1 aromatic carbocycles. The van der Waals surface area contributed by atoms with Crippen molar-refractivity contribution in [3.8, 4) is 0 Å². The number of alkyl halides is 1. The molecule has 13 heavy (non-hydrogen) atoms. The third kappa shape index (κ3) is 1.73. The van der Waals surface area contributed by atoms with Gasteiger partial charge in [0.2, 0.25) is 0 Å². The maximum atomic E-state index is 3.46. The third-order valence-electron chi connectivity index (χ3n) is 2.70. The van der Waals surface area contributed by atoms with Crippen molar-refractivity contribution >= 4 is 21.6 Å². The summed E-state index contributed by atoms with van der Waals surface area (Å²) in [6.07, 6.45) is 3.86. The Labute approximate surface area is 87.9 Å². The van der Waals surface area contributed by atoms with Crippen LogP contribution in [0.1, 0.15) is 17.5 Å². The van der Waals surface area contributed by atoms with Crippen LogP contribution in [0, 0.1) is 0 Å². The van der Waals surface area contributed by atoms with Crippen LogP contribution in [-0.4, -0.2) is 12.5 Å². The van der Waals surface area contributed by atoms with Gasteiger partial charge >= 0.3 is 0 Å². The Morgan fingerprint density at radius 3 is 2.85 bits per heavy atom. The molecule has 0 fully saturated rings. The minimum atomic E-state index is 0.895. The van der Waals surface area contributed by atoms with Gasteiger partial charge in [0.1, 0.15) is 0 Å². The maximum Gasteiger partial charge on any atom is 0.0732 e. The molecule has 0 amide bonds. The zero-order valence-electron chi connectivity index (χ0n) is 7.89. The summed E-state index contributed by atoms with van der Waals surface area (Å²) in [7, 11) is 2.10. The number of hydrogen-bond donors (Lipinski definition) is 0. The molecule has 0 unspecified atom stereocenters. The molecule has 0 atom stereocenters. The molecule has 0 aromatic heterocycles. The third-order valence-corrected chi connectivity index (χ3v) is 3.45. The van der Waals surface area contributed by atoms with Crippen molar-refractivity contribution in [1.29, 1.82) is 0 Å². The number of rotatable bonds is 2. The molecular weight excluding hydrogens is 226 g/mol. The van der Waals surface area contributed by atoms with Crippen LogP contribution in [0.25, 0.3) is 0 Å². The van der Waals surface area contributed by atoms with Crippen LogP contribution < -0.4 is 4.90 Å². The van der Waals surface area contributed by atoms with E-state index in [4.69, 9.17) is 0 Å². The average molecular weight is 240 g/mol. The molecule has 0 bridgehead atoms. The fourth-order valence-corrected chi connectivity index (χ4v) is 2.15. The average Bonchev–Trinajstić information content (AvgIpc) is 2.63. The van der Waals surface area contributed by atoms with Gasteiger partial charge in [-0.25, -0.2) is 0 Å². The minimum absolute atomic E-state index is 0.895. The van der Waals surface area contributed by atoms with Gasteiger partial charge < -0.3 is 4.90 Å². The predicted octanol–water partition coefficient (Wildman–Crippen LogP) is 2.96.